The number of carbonyl (C=O) groups excluding carboxylic acids is 1. The number of oxime groups is 1. The van der Waals surface area contributed by atoms with Gasteiger partial charge in [0.25, 0.3) is 0 Å². The summed E-state index contributed by atoms with van der Waals surface area (Å²) in [5, 5.41) is 14.3. The topological polar surface area (TPSA) is 58.9 Å². The maximum atomic E-state index is 13.2. The summed E-state index contributed by atoms with van der Waals surface area (Å²) in [4.78, 5) is 18.2. The SMILES string of the molecule is CCON=C(C)CC1=C(O)CC(CCSc2ccc(F)c(Cl)c2)CC1=O. The van der Waals surface area contributed by atoms with Gasteiger partial charge in [0.1, 0.15) is 12.4 Å². The van der Waals surface area contributed by atoms with E-state index in [0.717, 1.165) is 17.1 Å². The molecule has 7 heteroatoms. The van der Waals surface area contributed by atoms with Gasteiger partial charge in [-0.05, 0) is 50.1 Å². The van der Waals surface area contributed by atoms with E-state index in [2.05, 4.69) is 5.16 Å². The number of halogens is 2. The van der Waals surface area contributed by atoms with Gasteiger partial charge in [0.05, 0.1) is 16.5 Å². The minimum absolute atomic E-state index is 0.0281. The molecule has 0 saturated carbocycles. The van der Waals surface area contributed by atoms with Gasteiger partial charge in [0, 0.05) is 29.7 Å². The molecule has 4 nitrogen and oxygen atoms in total. The molecule has 0 spiro atoms. The lowest BCUT2D eigenvalue weighted by atomic mass is 9.84. The summed E-state index contributed by atoms with van der Waals surface area (Å²) in [7, 11) is 0. The zero-order valence-electron chi connectivity index (χ0n) is 14.9. The molecule has 2 rings (SSSR count). The Kier molecular flexibility index (Phi) is 7.97. The van der Waals surface area contributed by atoms with Crippen molar-refractivity contribution in [3.8, 4) is 0 Å². The molecule has 0 aromatic heterocycles. The second-order valence-electron chi connectivity index (χ2n) is 6.26. The van der Waals surface area contributed by atoms with E-state index < -0.39 is 5.82 Å². The lowest BCUT2D eigenvalue weighted by Crippen LogP contribution is -2.21. The number of nitrogens with zero attached hydrogens (tertiary/aromatic N) is 1. The lowest BCUT2D eigenvalue weighted by molar-refractivity contribution is -0.117. The van der Waals surface area contributed by atoms with Crippen LogP contribution in [-0.2, 0) is 9.63 Å². The lowest BCUT2D eigenvalue weighted by Gasteiger charge is -2.23. The molecule has 1 N–H and O–H groups in total. The second kappa shape index (κ2) is 9.97. The highest BCUT2D eigenvalue weighted by Crippen LogP contribution is 2.32. The van der Waals surface area contributed by atoms with Crippen molar-refractivity contribution in [1.82, 2.24) is 0 Å². The predicted molar refractivity (Wildman–Crippen MR) is 103 cm³/mol. The highest BCUT2D eigenvalue weighted by atomic mass is 35.5. The number of allylic oxidation sites excluding steroid dienone is 2. The molecule has 0 amide bonds. The molecule has 0 saturated heterocycles. The molecule has 1 atom stereocenters. The number of Topliss-reactive ketones (excluding diaryl/α,β-unsaturated/α-hetero) is 1. The van der Waals surface area contributed by atoms with Gasteiger partial charge in [0.2, 0.25) is 0 Å². The monoisotopic (exact) mass is 399 g/mol. The number of aliphatic hydroxyl groups is 1. The molecule has 1 aliphatic carbocycles. The first-order valence-corrected chi connectivity index (χ1v) is 9.94. The van der Waals surface area contributed by atoms with Crippen LogP contribution in [0.2, 0.25) is 5.02 Å². The van der Waals surface area contributed by atoms with Crippen LogP contribution in [0.5, 0.6) is 0 Å². The van der Waals surface area contributed by atoms with Crippen LogP contribution in [0.15, 0.2) is 39.6 Å². The quantitative estimate of drug-likeness (QED) is 0.353. The number of hydrogen-bond donors (Lipinski definition) is 1. The highest BCUT2D eigenvalue weighted by Gasteiger charge is 2.27. The van der Waals surface area contributed by atoms with Crippen molar-refractivity contribution in [2.24, 2.45) is 11.1 Å². The molecule has 26 heavy (non-hydrogen) atoms. The van der Waals surface area contributed by atoms with Gasteiger partial charge in [-0.1, -0.05) is 16.8 Å². The minimum atomic E-state index is -0.431. The Morgan fingerprint density at radius 3 is 2.88 bits per heavy atom. The Labute approximate surface area is 162 Å². The van der Waals surface area contributed by atoms with Crippen LogP contribution in [0.1, 0.15) is 39.5 Å². The zero-order chi connectivity index (χ0) is 19.1. The summed E-state index contributed by atoms with van der Waals surface area (Å²) in [6, 6.07) is 4.64. The smallest absolute Gasteiger partial charge is 0.162 e. The van der Waals surface area contributed by atoms with Crippen LogP contribution >= 0.6 is 23.4 Å². The van der Waals surface area contributed by atoms with Crippen LogP contribution in [-0.4, -0.2) is 29.0 Å². The summed E-state index contributed by atoms with van der Waals surface area (Å²) in [5.41, 5.74) is 1.11. The number of aliphatic hydroxyl groups excluding tert-OH is 1. The number of thioether (sulfide) groups is 1. The van der Waals surface area contributed by atoms with Gasteiger partial charge in [-0.15, -0.1) is 11.8 Å². The molecule has 142 valence electrons. The summed E-state index contributed by atoms with van der Waals surface area (Å²) in [5.74, 6) is 0.582. The van der Waals surface area contributed by atoms with Gasteiger partial charge in [-0.2, -0.15) is 0 Å². The van der Waals surface area contributed by atoms with E-state index in [4.69, 9.17) is 16.4 Å². The van der Waals surface area contributed by atoms with Gasteiger partial charge >= 0.3 is 0 Å². The molecule has 0 aliphatic heterocycles. The Hall–Kier alpha value is -1.53. The Morgan fingerprint density at radius 1 is 1.46 bits per heavy atom. The van der Waals surface area contributed by atoms with Crippen LogP contribution in [0.3, 0.4) is 0 Å². The normalized spacial score (nSPS) is 18.4. The Morgan fingerprint density at radius 2 is 2.23 bits per heavy atom. The van der Waals surface area contributed by atoms with Crippen molar-refractivity contribution < 1.29 is 19.1 Å². The van der Waals surface area contributed by atoms with Crippen molar-refractivity contribution in [2.45, 2.75) is 44.4 Å². The summed E-state index contributed by atoms with van der Waals surface area (Å²) in [6.45, 7) is 4.08. The number of hydrogen-bond acceptors (Lipinski definition) is 5. The van der Waals surface area contributed by atoms with E-state index in [1.165, 1.54) is 6.07 Å². The number of ketones is 1. The van der Waals surface area contributed by atoms with Crippen LogP contribution in [0.25, 0.3) is 0 Å². The van der Waals surface area contributed by atoms with Gasteiger partial charge in [-0.3, -0.25) is 4.79 Å². The Balaban J connectivity index is 1.87. The average Bonchev–Trinajstić information content (AvgIpc) is 2.59. The first kappa shape index (κ1) is 20.8. The molecule has 0 bridgehead atoms. The summed E-state index contributed by atoms with van der Waals surface area (Å²) < 4.78 is 13.2. The fraction of sp³-hybridized carbons (Fsp3) is 0.474. The minimum Gasteiger partial charge on any atom is -0.512 e. The fourth-order valence-corrected chi connectivity index (χ4v) is 4.09. The molecule has 1 aromatic rings. The maximum Gasteiger partial charge on any atom is 0.162 e. The molecule has 1 aromatic carbocycles. The first-order valence-electron chi connectivity index (χ1n) is 8.58. The second-order valence-corrected chi connectivity index (χ2v) is 7.83. The molecule has 0 radical (unpaired) electrons. The Bertz CT molecular complexity index is 721. The standard InChI is InChI=1S/C19H23ClFNO3S/c1-3-25-22-12(2)8-15-18(23)9-13(10-19(15)24)6-7-26-14-4-5-17(21)16(20)11-14/h4-5,11,13,23H,3,6-10H2,1-2H3. The van der Waals surface area contributed by atoms with Gasteiger partial charge in [0.15, 0.2) is 5.78 Å². The van der Waals surface area contributed by atoms with Crippen LogP contribution < -0.4 is 0 Å². The molecular formula is C19H23ClFNO3S. The molecule has 0 fully saturated rings. The van der Waals surface area contributed by atoms with Crippen molar-refractivity contribution >= 4 is 34.9 Å². The van der Waals surface area contributed by atoms with Crippen LogP contribution in [0.4, 0.5) is 4.39 Å². The molecule has 1 unspecified atom stereocenters. The predicted octanol–water partition coefficient (Wildman–Crippen LogP) is 5.56. The third-order valence-corrected chi connectivity index (χ3v) is 5.43. The number of benzene rings is 1. The third kappa shape index (κ3) is 6.02. The number of carbonyl (C=O) groups is 1. The highest BCUT2D eigenvalue weighted by molar-refractivity contribution is 7.99. The molecular weight excluding hydrogens is 377 g/mol. The largest absolute Gasteiger partial charge is 0.512 e. The number of rotatable bonds is 8. The van der Waals surface area contributed by atoms with E-state index in [1.54, 1.807) is 30.8 Å². The van der Waals surface area contributed by atoms with E-state index in [-0.39, 0.29) is 22.5 Å². The average molecular weight is 400 g/mol. The maximum absolute atomic E-state index is 13.2. The van der Waals surface area contributed by atoms with Crippen molar-refractivity contribution in [3.63, 3.8) is 0 Å². The first-order chi connectivity index (χ1) is 12.4. The molecule has 0 heterocycles. The van der Waals surface area contributed by atoms with Crippen molar-refractivity contribution in [2.75, 3.05) is 12.4 Å². The molecule has 1 aliphatic rings. The van der Waals surface area contributed by atoms with Crippen molar-refractivity contribution in [1.29, 1.82) is 0 Å². The van der Waals surface area contributed by atoms with E-state index in [1.807, 2.05) is 6.92 Å². The van der Waals surface area contributed by atoms with E-state index >= 15 is 0 Å². The van der Waals surface area contributed by atoms with Crippen LogP contribution in [0, 0.1) is 11.7 Å². The van der Waals surface area contributed by atoms with Crippen molar-refractivity contribution in [3.05, 3.63) is 40.4 Å². The van der Waals surface area contributed by atoms with E-state index in [9.17, 15) is 14.3 Å². The van der Waals surface area contributed by atoms with Gasteiger partial charge < -0.3 is 9.94 Å². The summed E-state index contributed by atoms with van der Waals surface area (Å²) in [6.07, 6.45) is 2.02. The zero-order valence-corrected chi connectivity index (χ0v) is 16.5. The van der Waals surface area contributed by atoms with E-state index in [0.29, 0.717) is 37.2 Å². The third-order valence-electron chi connectivity index (χ3n) is 4.11. The summed E-state index contributed by atoms with van der Waals surface area (Å²) >= 11 is 7.34. The van der Waals surface area contributed by atoms with Gasteiger partial charge in [-0.25, -0.2) is 4.39 Å². The fourth-order valence-electron chi connectivity index (χ4n) is 2.79.